The van der Waals surface area contributed by atoms with Crippen LogP contribution in [-0.4, -0.2) is 29.8 Å². The molecule has 25 heavy (non-hydrogen) atoms. The van der Waals surface area contributed by atoms with Crippen molar-refractivity contribution in [3.63, 3.8) is 0 Å². The number of allylic oxidation sites excluding steroid dienone is 1. The number of ether oxygens (including phenoxy) is 2. The molecule has 2 fully saturated rings. The summed E-state index contributed by atoms with van der Waals surface area (Å²) in [5, 5.41) is 0. The Morgan fingerprint density at radius 3 is 2.56 bits per heavy atom. The molecular weight excluding hydrogens is 314 g/mol. The van der Waals surface area contributed by atoms with Crippen molar-refractivity contribution in [3.8, 4) is 0 Å². The summed E-state index contributed by atoms with van der Waals surface area (Å²) < 4.78 is 12.0. The van der Waals surface area contributed by atoms with E-state index >= 15 is 0 Å². The van der Waals surface area contributed by atoms with E-state index in [1.54, 1.807) is 0 Å². The van der Waals surface area contributed by atoms with Crippen LogP contribution < -0.4 is 0 Å². The van der Waals surface area contributed by atoms with Crippen LogP contribution >= 0.6 is 0 Å². The predicted octanol–water partition coefficient (Wildman–Crippen LogP) is 4.04. The van der Waals surface area contributed by atoms with Gasteiger partial charge in [0.2, 0.25) is 5.91 Å². The largest absolute Gasteiger partial charge is 0.347 e. The van der Waals surface area contributed by atoms with Crippen LogP contribution in [0.4, 0.5) is 0 Å². The molecule has 0 aromatic heterocycles. The number of piperidine rings is 1. The number of rotatable bonds is 2. The van der Waals surface area contributed by atoms with Crippen LogP contribution in [0.5, 0.6) is 0 Å². The van der Waals surface area contributed by atoms with Gasteiger partial charge in [-0.3, -0.25) is 4.79 Å². The zero-order valence-electron chi connectivity index (χ0n) is 15.3. The Morgan fingerprint density at radius 2 is 1.88 bits per heavy atom. The van der Waals surface area contributed by atoms with Crippen LogP contribution in [0.1, 0.15) is 51.6 Å². The molecule has 0 saturated carbocycles. The average Bonchev–Trinajstić information content (AvgIpc) is 3.04. The normalized spacial score (nSPS) is 32.4. The lowest BCUT2D eigenvalue weighted by molar-refractivity contribution is -0.191. The quantitative estimate of drug-likeness (QED) is 0.815. The third-order valence-electron chi connectivity index (χ3n) is 6.41. The second kappa shape index (κ2) is 5.96. The fourth-order valence-corrected chi connectivity index (χ4v) is 4.75. The number of hydrogen-bond acceptors (Lipinski definition) is 3. The van der Waals surface area contributed by atoms with E-state index in [9.17, 15) is 4.79 Å². The number of amides is 1. The number of benzene rings is 1. The molecule has 4 nitrogen and oxygen atoms in total. The standard InChI is InChI=1S/C21H27NO3/c1-15-13-19(23)22(16(2)17-7-5-4-6-8-17)18-9-10-21(14-20(15,18)3)24-11-12-25-21/h4-9,15-16H,10-14H2,1-3H3/t15-,16-,20+/m1/s1. The molecule has 0 bridgehead atoms. The molecule has 1 aromatic carbocycles. The lowest BCUT2D eigenvalue weighted by Gasteiger charge is -2.53. The van der Waals surface area contributed by atoms with Gasteiger partial charge in [0.25, 0.3) is 0 Å². The maximum atomic E-state index is 13.0. The minimum atomic E-state index is -0.492. The van der Waals surface area contributed by atoms with E-state index in [2.05, 4.69) is 39.0 Å². The van der Waals surface area contributed by atoms with Gasteiger partial charge in [-0.15, -0.1) is 0 Å². The second-order valence-electron chi connectivity index (χ2n) is 7.95. The van der Waals surface area contributed by atoms with Gasteiger partial charge in [-0.2, -0.15) is 0 Å². The summed E-state index contributed by atoms with van der Waals surface area (Å²) in [6.07, 6.45) is 4.30. The highest BCUT2D eigenvalue weighted by Crippen LogP contribution is 2.55. The second-order valence-corrected chi connectivity index (χ2v) is 7.95. The van der Waals surface area contributed by atoms with E-state index in [4.69, 9.17) is 9.47 Å². The Morgan fingerprint density at radius 1 is 1.20 bits per heavy atom. The van der Waals surface area contributed by atoms with Crippen LogP contribution in [-0.2, 0) is 14.3 Å². The highest BCUT2D eigenvalue weighted by atomic mass is 16.7. The molecule has 4 heteroatoms. The maximum Gasteiger partial charge on any atom is 0.227 e. The van der Waals surface area contributed by atoms with Crippen LogP contribution in [0.3, 0.4) is 0 Å². The van der Waals surface area contributed by atoms with E-state index in [-0.39, 0.29) is 23.3 Å². The summed E-state index contributed by atoms with van der Waals surface area (Å²) in [6.45, 7) is 7.90. The molecule has 1 aliphatic carbocycles. The summed E-state index contributed by atoms with van der Waals surface area (Å²) in [4.78, 5) is 15.0. The van der Waals surface area contributed by atoms with Crippen molar-refractivity contribution >= 4 is 5.91 Å². The van der Waals surface area contributed by atoms with Crippen LogP contribution in [0.2, 0.25) is 0 Å². The first-order valence-corrected chi connectivity index (χ1v) is 9.31. The Labute approximate surface area is 149 Å². The Balaban J connectivity index is 1.73. The minimum absolute atomic E-state index is 0.0336. The molecule has 134 valence electrons. The summed E-state index contributed by atoms with van der Waals surface area (Å²) in [5.74, 6) is 0.00130. The fraction of sp³-hybridized carbons (Fsp3) is 0.571. The summed E-state index contributed by atoms with van der Waals surface area (Å²) in [5.41, 5.74) is 2.21. The SMILES string of the molecule is C[C@H](c1ccccc1)N1C(=O)C[C@@H](C)[C@]2(C)CC3(CC=C12)OCCO3. The van der Waals surface area contributed by atoms with Gasteiger partial charge >= 0.3 is 0 Å². The Kier molecular flexibility index (Phi) is 4.00. The molecule has 3 aliphatic rings. The fourth-order valence-electron chi connectivity index (χ4n) is 4.75. The number of likely N-dealkylation sites (tertiary alicyclic amines) is 1. The molecular formula is C21H27NO3. The first-order chi connectivity index (χ1) is 12.0. The van der Waals surface area contributed by atoms with Crippen molar-refractivity contribution in [1.82, 2.24) is 4.90 Å². The maximum absolute atomic E-state index is 13.0. The highest BCUT2D eigenvalue weighted by molar-refractivity contribution is 5.81. The monoisotopic (exact) mass is 341 g/mol. The number of carbonyl (C=O) groups excluding carboxylic acids is 1. The van der Waals surface area contributed by atoms with Crippen molar-refractivity contribution in [3.05, 3.63) is 47.7 Å². The van der Waals surface area contributed by atoms with Gasteiger partial charge in [-0.1, -0.05) is 50.3 Å². The van der Waals surface area contributed by atoms with Crippen LogP contribution in [0, 0.1) is 11.3 Å². The van der Waals surface area contributed by atoms with Gasteiger partial charge in [0.05, 0.1) is 19.3 Å². The molecule has 0 radical (unpaired) electrons. The zero-order chi connectivity index (χ0) is 17.7. The van der Waals surface area contributed by atoms with Gasteiger partial charge in [0, 0.05) is 30.4 Å². The molecule has 0 unspecified atom stereocenters. The summed E-state index contributed by atoms with van der Waals surface area (Å²) in [7, 11) is 0. The molecule has 3 atom stereocenters. The van der Waals surface area contributed by atoms with Gasteiger partial charge < -0.3 is 14.4 Å². The molecule has 4 rings (SSSR count). The lowest BCUT2D eigenvalue weighted by atomic mass is 9.63. The number of nitrogens with zero attached hydrogens (tertiary/aromatic N) is 1. The Hall–Kier alpha value is -1.65. The van der Waals surface area contributed by atoms with Gasteiger partial charge in [0.15, 0.2) is 5.79 Å². The lowest BCUT2D eigenvalue weighted by Crippen LogP contribution is -2.54. The van der Waals surface area contributed by atoms with Crippen molar-refractivity contribution in [2.24, 2.45) is 11.3 Å². The third kappa shape index (κ3) is 2.63. The van der Waals surface area contributed by atoms with Crippen LogP contribution in [0.25, 0.3) is 0 Å². The minimum Gasteiger partial charge on any atom is -0.347 e. The molecule has 0 N–H and O–H groups in total. The third-order valence-corrected chi connectivity index (χ3v) is 6.41. The van der Waals surface area contributed by atoms with E-state index < -0.39 is 5.79 Å². The van der Waals surface area contributed by atoms with Gasteiger partial charge in [-0.05, 0) is 18.4 Å². The first-order valence-electron chi connectivity index (χ1n) is 9.31. The van der Waals surface area contributed by atoms with Crippen molar-refractivity contribution in [1.29, 1.82) is 0 Å². The van der Waals surface area contributed by atoms with Crippen molar-refractivity contribution in [2.75, 3.05) is 13.2 Å². The van der Waals surface area contributed by atoms with Crippen molar-refractivity contribution < 1.29 is 14.3 Å². The summed E-state index contributed by atoms with van der Waals surface area (Å²) in [6, 6.07) is 10.3. The average molecular weight is 341 g/mol. The van der Waals surface area contributed by atoms with E-state index in [0.29, 0.717) is 19.6 Å². The first kappa shape index (κ1) is 16.8. The smallest absolute Gasteiger partial charge is 0.227 e. The summed E-state index contributed by atoms with van der Waals surface area (Å²) >= 11 is 0. The topological polar surface area (TPSA) is 38.8 Å². The predicted molar refractivity (Wildman–Crippen MR) is 95.5 cm³/mol. The van der Waals surface area contributed by atoms with Gasteiger partial charge in [-0.25, -0.2) is 0 Å². The Bertz CT molecular complexity index is 692. The molecule has 1 aromatic rings. The molecule has 1 amide bonds. The molecule has 2 heterocycles. The molecule has 2 saturated heterocycles. The van der Waals surface area contributed by atoms with E-state index in [1.807, 2.05) is 23.1 Å². The van der Waals surface area contributed by atoms with Gasteiger partial charge in [0.1, 0.15) is 0 Å². The molecule has 1 spiro atoms. The van der Waals surface area contributed by atoms with E-state index in [1.165, 1.54) is 5.56 Å². The van der Waals surface area contributed by atoms with Crippen LogP contribution in [0.15, 0.2) is 42.1 Å². The number of hydrogen-bond donors (Lipinski definition) is 0. The van der Waals surface area contributed by atoms with E-state index in [0.717, 1.165) is 18.5 Å². The highest BCUT2D eigenvalue weighted by Gasteiger charge is 2.54. The zero-order valence-corrected chi connectivity index (χ0v) is 15.3. The van der Waals surface area contributed by atoms with Crippen molar-refractivity contribution in [2.45, 2.75) is 51.9 Å². The number of fused-ring (bicyclic) bond motifs is 1. The molecule has 2 aliphatic heterocycles. The number of carbonyl (C=O) groups is 1.